The van der Waals surface area contributed by atoms with Gasteiger partial charge in [0, 0.05) is 26.2 Å². The molecule has 33 heavy (non-hydrogen) atoms. The summed E-state index contributed by atoms with van der Waals surface area (Å²) in [5.41, 5.74) is 2.23. The predicted molar refractivity (Wildman–Crippen MR) is 127 cm³/mol. The van der Waals surface area contributed by atoms with Gasteiger partial charge in [-0.1, -0.05) is 30.7 Å². The van der Waals surface area contributed by atoms with E-state index in [-0.39, 0.29) is 34.7 Å². The summed E-state index contributed by atoms with van der Waals surface area (Å²) in [5.74, 6) is 0.217. The van der Waals surface area contributed by atoms with Crippen LogP contribution in [0.2, 0.25) is 5.02 Å². The third-order valence-electron chi connectivity index (χ3n) is 5.30. The van der Waals surface area contributed by atoms with Crippen LogP contribution < -0.4 is 0 Å². The fourth-order valence-corrected chi connectivity index (χ4v) is 4.78. The Morgan fingerprint density at radius 3 is 2.45 bits per heavy atom. The third-order valence-corrected chi connectivity index (χ3v) is 7.57. The number of hydrogen-bond acceptors (Lipinski definition) is 6. The van der Waals surface area contributed by atoms with E-state index in [1.54, 1.807) is 43.0 Å². The average molecular weight is 491 g/mol. The number of benzene rings is 2. The Kier molecular flexibility index (Phi) is 7.56. The fraction of sp³-hybridized carbons (Fsp3) is 0.348. The molecular formula is C23H27ClN4O4S. The molecule has 0 aliphatic carbocycles. The second kappa shape index (κ2) is 10.0. The van der Waals surface area contributed by atoms with Crippen LogP contribution in [0.3, 0.4) is 0 Å². The molecule has 3 aromatic rings. The summed E-state index contributed by atoms with van der Waals surface area (Å²) in [6, 6.07) is 10.3. The van der Waals surface area contributed by atoms with Gasteiger partial charge in [0.05, 0.1) is 22.0 Å². The molecule has 10 heteroatoms. The largest absolute Gasteiger partial charge is 0.419 e. The molecule has 176 valence electrons. The van der Waals surface area contributed by atoms with Crippen molar-refractivity contribution in [2.24, 2.45) is 0 Å². The molecule has 8 nitrogen and oxygen atoms in total. The Labute approximate surface area is 199 Å². The minimum atomic E-state index is -3.71. The van der Waals surface area contributed by atoms with Crippen LogP contribution in [0.25, 0.3) is 11.5 Å². The second-order valence-electron chi connectivity index (χ2n) is 7.91. The highest BCUT2D eigenvalue weighted by molar-refractivity contribution is 7.89. The Morgan fingerprint density at radius 1 is 1.12 bits per heavy atom. The molecule has 0 bridgehead atoms. The number of halogens is 1. The van der Waals surface area contributed by atoms with Crippen LogP contribution >= 0.6 is 11.6 Å². The molecule has 0 atom stereocenters. The lowest BCUT2D eigenvalue weighted by Gasteiger charge is -2.22. The number of aryl methyl sites for hydroxylation is 1. The first-order valence-corrected chi connectivity index (χ1v) is 12.3. The number of rotatable bonds is 8. The van der Waals surface area contributed by atoms with Gasteiger partial charge in [-0.3, -0.25) is 4.79 Å². The number of carbonyl (C=O) groups is 1. The van der Waals surface area contributed by atoms with Gasteiger partial charge in [0.15, 0.2) is 0 Å². The first-order valence-electron chi connectivity index (χ1n) is 10.5. The van der Waals surface area contributed by atoms with E-state index < -0.39 is 10.0 Å². The molecule has 0 radical (unpaired) electrons. The maximum atomic E-state index is 13.4. The lowest BCUT2D eigenvalue weighted by Crippen LogP contribution is -2.32. The molecule has 0 unspecified atom stereocenters. The highest BCUT2D eigenvalue weighted by Gasteiger charge is 2.25. The molecule has 2 aromatic carbocycles. The van der Waals surface area contributed by atoms with E-state index in [9.17, 15) is 13.2 Å². The van der Waals surface area contributed by atoms with Crippen LogP contribution in [0.1, 0.15) is 40.7 Å². The van der Waals surface area contributed by atoms with Gasteiger partial charge in [-0.25, -0.2) is 12.7 Å². The van der Waals surface area contributed by atoms with Gasteiger partial charge < -0.3 is 9.32 Å². The highest BCUT2D eigenvalue weighted by atomic mass is 35.5. The summed E-state index contributed by atoms with van der Waals surface area (Å²) in [4.78, 5) is 15.1. The third kappa shape index (κ3) is 5.26. The van der Waals surface area contributed by atoms with Crippen molar-refractivity contribution in [2.45, 2.75) is 38.6 Å². The van der Waals surface area contributed by atoms with E-state index in [2.05, 4.69) is 10.2 Å². The van der Waals surface area contributed by atoms with Gasteiger partial charge in [0.25, 0.3) is 5.91 Å². The van der Waals surface area contributed by atoms with Crippen molar-refractivity contribution in [1.82, 2.24) is 19.4 Å². The molecule has 0 saturated heterocycles. The number of hydrogen-bond donors (Lipinski definition) is 0. The zero-order valence-electron chi connectivity index (χ0n) is 19.3. The van der Waals surface area contributed by atoms with E-state index in [1.807, 2.05) is 13.0 Å². The number of sulfonamides is 1. The average Bonchev–Trinajstić information content (AvgIpc) is 3.23. The lowest BCUT2D eigenvalue weighted by molar-refractivity contribution is 0.0728. The van der Waals surface area contributed by atoms with Crippen LogP contribution in [-0.4, -0.2) is 54.4 Å². The van der Waals surface area contributed by atoms with Gasteiger partial charge in [-0.05, 0) is 55.7 Å². The maximum Gasteiger partial charge on any atom is 0.254 e. The van der Waals surface area contributed by atoms with Gasteiger partial charge in [0.2, 0.25) is 21.8 Å². The molecular weight excluding hydrogens is 464 g/mol. The number of nitrogens with zero attached hydrogens (tertiary/aromatic N) is 4. The van der Waals surface area contributed by atoms with Crippen molar-refractivity contribution >= 4 is 27.5 Å². The highest BCUT2D eigenvalue weighted by Crippen LogP contribution is 2.27. The molecule has 3 rings (SSSR count). The first kappa shape index (κ1) is 24.9. The summed E-state index contributed by atoms with van der Waals surface area (Å²) in [7, 11) is -0.772. The Bertz CT molecular complexity index is 1270. The summed E-state index contributed by atoms with van der Waals surface area (Å²) in [6.07, 6.45) is 0.699. The van der Waals surface area contributed by atoms with E-state index in [1.165, 1.54) is 20.2 Å². The number of aromatic nitrogens is 2. The molecule has 0 aliphatic heterocycles. The van der Waals surface area contributed by atoms with Gasteiger partial charge in [-0.2, -0.15) is 0 Å². The molecule has 1 amide bonds. The van der Waals surface area contributed by atoms with Crippen LogP contribution in [-0.2, 0) is 16.6 Å². The zero-order chi connectivity index (χ0) is 24.3. The monoisotopic (exact) mass is 490 g/mol. The van der Waals surface area contributed by atoms with E-state index >= 15 is 0 Å². The van der Waals surface area contributed by atoms with Crippen molar-refractivity contribution in [2.75, 3.05) is 20.6 Å². The summed E-state index contributed by atoms with van der Waals surface area (Å²) < 4.78 is 32.5. The van der Waals surface area contributed by atoms with Crippen molar-refractivity contribution < 1.29 is 17.6 Å². The molecule has 0 saturated carbocycles. The summed E-state index contributed by atoms with van der Waals surface area (Å²) in [5, 5.41) is 8.62. The van der Waals surface area contributed by atoms with Crippen molar-refractivity contribution in [3.63, 3.8) is 0 Å². The normalized spacial score (nSPS) is 11.7. The minimum absolute atomic E-state index is 0.0901. The number of amides is 1. The van der Waals surface area contributed by atoms with Gasteiger partial charge in [-0.15, -0.1) is 10.2 Å². The second-order valence-corrected chi connectivity index (χ2v) is 10.4. The molecule has 1 aromatic heterocycles. The topological polar surface area (TPSA) is 96.6 Å². The zero-order valence-corrected chi connectivity index (χ0v) is 20.9. The van der Waals surface area contributed by atoms with Crippen LogP contribution in [0.5, 0.6) is 0 Å². The lowest BCUT2D eigenvalue weighted by atomic mass is 10.1. The Hall–Kier alpha value is -2.75. The molecule has 0 spiro atoms. The van der Waals surface area contributed by atoms with E-state index in [4.69, 9.17) is 16.0 Å². The Morgan fingerprint density at radius 2 is 1.82 bits per heavy atom. The smallest absolute Gasteiger partial charge is 0.254 e. The SMILES string of the molecule is CCCN(Cc1nnc(-c2ccccc2Cl)o1)C(=O)c1cc(C)c(C)c(S(=O)(=O)N(C)C)c1. The van der Waals surface area contributed by atoms with Crippen molar-refractivity contribution in [3.05, 3.63) is 64.0 Å². The molecule has 1 heterocycles. The maximum absolute atomic E-state index is 13.4. The van der Waals surface area contributed by atoms with Crippen LogP contribution in [0, 0.1) is 13.8 Å². The summed E-state index contributed by atoms with van der Waals surface area (Å²) >= 11 is 6.21. The van der Waals surface area contributed by atoms with Crippen LogP contribution in [0.15, 0.2) is 45.7 Å². The van der Waals surface area contributed by atoms with Gasteiger partial charge >= 0.3 is 0 Å². The van der Waals surface area contributed by atoms with E-state index in [0.717, 1.165) is 9.87 Å². The first-order chi connectivity index (χ1) is 15.6. The predicted octanol–water partition coefficient (Wildman–Crippen LogP) is 4.31. The number of carbonyl (C=O) groups excluding carboxylic acids is 1. The van der Waals surface area contributed by atoms with Crippen molar-refractivity contribution in [3.8, 4) is 11.5 Å². The van der Waals surface area contributed by atoms with Crippen LogP contribution in [0.4, 0.5) is 0 Å². The standard InChI is InChI=1S/C23H27ClN4O4S/c1-6-11-28(14-21-25-26-22(32-21)18-9-7-8-10-19(18)24)23(29)17-12-15(2)16(3)20(13-17)33(30,31)27(4)5/h7-10,12-13H,6,11,14H2,1-5H3. The van der Waals surface area contributed by atoms with Gasteiger partial charge in [0.1, 0.15) is 0 Å². The van der Waals surface area contributed by atoms with E-state index in [0.29, 0.717) is 29.1 Å². The fourth-order valence-electron chi connectivity index (χ4n) is 3.34. The van der Waals surface area contributed by atoms with Crippen molar-refractivity contribution in [1.29, 1.82) is 0 Å². The summed E-state index contributed by atoms with van der Waals surface area (Å²) in [6.45, 7) is 6.00. The molecule has 0 N–H and O–H groups in total. The molecule has 0 aliphatic rings. The molecule has 0 fully saturated rings. The minimum Gasteiger partial charge on any atom is -0.419 e. The quantitative estimate of drug-likeness (QED) is 0.466. The Balaban J connectivity index is 1.93.